The number of nitrogens with zero attached hydrogens (tertiary/aromatic N) is 3. The molecule has 2 aromatic heterocycles. The standard InChI is InChI=1S/C13H15N3OS2/c1-10-9-14-13(19-10)16-6-4-15(5-7-16)12(17)11-3-2-8-18-11/h2-3,8-9H,4-7H2,1H3. The van der Waals surface area contributed by atoms with Crippen molar-refractivity contribution in [2.24, 2.45) is 0 Å². The summed E-state index contributed by atoms with van der Waals surface area (Å²) in [5.74, 6) is 0.157. The van der Waals surface area contributed by atoms with Crippen LogP contribution in [0.15, 0.2) is 23.7 Å². The van der Waals surface area contributed by atoms with E-state index in [1.165, 1.54) is 16.2 Å². The quantitative estimate of drug-likeness (QED) is 0.853. The van der Waals surface area contributed by atoms with Gasteiger partial charge < -0.3 is 9.80 Å². The second-order valence-electron chi connectivity index (χ2n) is 4.51. The Labute approximate surface area is 120 Å². The first-order chi connectivity index (χ1) is 9.24. The Morgan fingerprint density at radius 2 is 2.11 bits per heavy atom. The largest absolute Gasteiger partial charge is 0.345 e. The van der Waals surface area contributed by atoms with Crippen LogP contribution in [-0.4, -0.2) is 42.0 Å². The van der Waals surface area contributed by atoms with Crippen LogP contribution in [0.1, 0.15) is 14.5 Å². The van der Waals surface area contributed by atoms with Gasteiger partial charge in [0.15, 0.2) is 5.13 Å². The lowest BCUT2D eigenvalue weighted by atomic mass is 10.3. The Bertz CT molecular complexity index is 556. The maximum absolute atomic E-state index is 12.2. The number of anilines is 1. The summed E-state index contributed by atoms with van der Waals surface area (Å²) < 4.78 is 0. The van der Waals surface area contributed by atoms with Crippen LogP contribution in [-0.2, 0) is 0 Å². The smallest absolute Gasteiger partial charge is 0.264 e. The highest BCUT2D eigenvalue weighted by atomic mass is 32.1. The number of thiazole rings is 1. The highest BCUT2D eigenvalue weighted by Crippen LogP contribution is 2.23. The second kappa shape index (κ2) is 5.30. The maximum Gasteiger partial charge on any atom is 0.264 e. The van der Waals surface area contributed by atoms with Gasteiger partial charge in [-0.2, -0.15) is 0 Å². The molecule has 0 spiro atoms. The van der Waals surface area contributed by atoms with Crippen LogP contribution < -0.4 is 4.90 Å². The summed E-state index contributed by atoms with van der Waals surface area (Å²) in [4.78, 5) is 22.9. The van der Waals surface area contributed by atoms with E-state index in [9.17, 15) is 4.79 Å². The van der Waals surface area contributed by atoms with Crippen molar-refractivity contribution in [2.75, 3.05) is 31.1 Å². The van der Waals surface area contributed by atoms with Crippen molar-refractivity contribution in [3.63, 3.8) is 0 Å². The van der Waals surface area contributed by atoms with Crippen molar-refractivity contribution in [1.29, 1.82) is 0 Å². The van der Waals surface area contributed by atoms with Crippen LogP contribution in [0, 0.1) is 6.92 Å². The van der Waals surface area contributed by atoms with E-state index in [0.717, 1.165) is 36.2 Å². The minimum absolute atomic E-state index is 0.157. The molecule has 0 aliphatic carbocycles. The van der Waals surface area contributed by atoms with Gasteiger partial charge in [-0.15, -0.1) is 22.7 Å². The third-order valence-electron chi connectivity index (χ3n) is 3.18. The Morgan fingerprint density at radius 1 is 1.32 bits per heavy atom. The van der Waals surface area contributed by atoms with E-state index in [2.05, 4.69) is 16.8 Å². The lowest BCUT2D eigenvalue weighted by Gasteiger charge is -2.34. The number of thiophene rings is 1. The van der Waals surface area contributed by atoms with Gasteiger partial charge in [-0.25, -0.2) is 4.98 Å². The molecule has 0 saturated carbocycles. The Hall–Kier alpha value is -1.40. The highest BCUT2D eigenvalue weighted by molar-refractivity contribution is 7.15. The van der Waals surface area contributed by atoms with Crippen molar-refractivity contribution in [3.05, 3.63) is 33.5 Å². The van der Waals surface area contributed by atoms with Crippen LogP contribution in [0.5, 0.6) is 0 Å². The molecule has 1 saturated heterocycles. The van der Waals surface area contributed by atoms with Crippen LogP contribution in [0.2, 0.25) is 0 Å². The van der Waals surface area contributed by atoms with Crippen molar-refractivity contribution >= 4 is 33.7 Å². The highest BCUT2D eigenvalue weighted by Gasteiger charge is 2.23. The predicted octanol–water partition coefficient (Wildman–Crippen LogP) is 2.48. The summed E-state index contributed by atoms with van der Waals surface area (Å²) in [5, 5.41) is 3.02. The molecule has 1 aliphatic rings. The van der Waals surface area contributed by atoms with E-state index in [0.29, 0.717) is 0 Å². The van der Waals surface area contributed by atoms with E-state index in [1.807, 2.05) is 28.6 Å². The lowest BCUT2D eigenvalue weighted by Crippen LogP contribution is -2.48. The zero-order chi connectivity index (χ0) is 13.2. The molecule has 6 heteroatoms. The zero-order valence-corrected chi connectivity index (χ0v) is 12.3. The first-order valence-corrected chi connectivity index (χ1v) is 7.94. The zero-order valence-electron chi connectivity index (χ0n) is 10.7. The number of carbonyl (C=O) groups excluding carboxylic acids is 1. The summed E-state index contributed by atoms with van der Waals surface area (Å²) in [6, 6.07) is 3.82. The average Bonchev–Trinajstić information content (AvgIpc) is 3.09. The van der Waals surface area contributed by atoms with Gasteiger partial charge in [-0.3, -0.25) is 4.79 Å². The number of aryl methyl sites for hydroxylation is 1. The molecule has 3 rings (SSSR count). The molecule has 100 valence electrons. The first-order valence-electron chi connectivity index (χ1n) is 6.24. The monoisotopic (exact) mass is 293 g/mol. The summed E-state index contributed by atoms with van der Waals surface area (Å²) in [6.07, 6.45) is 1.91. The molecule has 4 nitrogen and oxygen atoms in total. The molecule has 0 atom stereocenters. The van der Waals surface area contributed by atoms with Gasteiger partial charge in [0.05, 0.1) is 4.88 Å². The molecule has 1 fully saturated rings. The molecule has 0 N–H and O–H groups in total. The number of piperazine rings is 1. The molecule has 0 bridgehead atoms. The average molecular weight is 293 g/mol. The van der Waals surface area contributed by atoms with E-state index >= 15 is 0 Å². The van der Waals surface area contributed by atoms with Crippen LogP contribution in [0.25, 0.3) is 0 Å². The van der Waals surface area contributed by atoms with Crippen LogP contribution in [0.3, 0.4) is 0 Å². The molecule has 0 radical (unpaired) electrons. The third-order valence-corrected chi connectivity index (χ3v) is 5.01. The molecule has 3 heterocycles. The second-order valence-corrected chi connectivity index (χ2v) is 6.67. The maximum atomic E-state index is 12.2. The fourth-order valence-electron chi connectivity index (χ4n) is 2.15. The molecular formula is C13H15N3OS2. The predicted molar refractivity (Wildman–Crippen MR) is 79.3 cm³/mol. The SMILES string of the molecule is Cc1cnc(N2CCN(C(=O)c3cccs3)CC2)s1. The Kier molecular flexibility index (Phi) is 3.52. The van der Waals surface area contributed by atoms with Gasteiger partial charge >= 0.3 is 0 Å². The van der Waals surface area contributed by atoms with Gasteiger partial charge in [0.25, 0.3) is 5.91 Å². The summed E-state index contributed by atoms with van der Waals surface area (Å²) >= 11 is 3.23. The van der Waals surface area contributed by atoms with Crippen molar-refractivity contribution in [2.45, 2.75) is 6.92 Å². The third kappa shape index (κ3) is 2.64. The number of rotatable bonds is 2. The van der Waals surface area contributed by atoms with Gasteiger partial charge in [-0.1, -0.05) is 6.07 Å². The number of hydrogen-bond donors (Lipinski definition) is 0. The van der Waals surface area contributed by atoms with Gasteiger partial charge in [0.1, 0.15) is 0 Å². The minimum atomic E-state index is 0.157. The Balaban J connectivity index is 1.62. The number of hydrogen-bond acceptors (Lipinski definition) is 5. The molecule has 1 amide bonds. The van der Waals surface area contributed by atoms with Gasteiger partial charge in [0.2, 0.25) is 0 Å². The fourth-order valence-corrected chi connectivity index (χ4v) is 3.65. The summed E-state index contributed by atoms with van der Waals surface area (Å²) in [6.45, 7) is 5.34. The Morgan fingerprint density at radius 3 is 2.68 bits per heavy atom. The minimum Gasteiger partial charge on any atom is -0.345 e. The van der Waals surface area contributed by atoms with Gasteiger partial charge in [-0.05, 0) is 18.4 Å². The normalized spacial score (nSPS) is 15.8. The molecule has 0 unspecified atom stereocenters. The molecule has 0 aromatic carbocycles. The topological polar surface area (TPSA) is 36.4 Å². The van der Waals surface area contributed by atoms with E-state index in [1.54, 1.807) is 11.3 Å². The van der Waals surface area contributed by atoms with Gasteiger partial charge in [0, 0.05) is 37.3 Å². The lowest BCUT2D eigenvalue weighted by molar-refractivity contribution is 0.0751. The van der Waals surface area contributed by atoms with Crippen molar-refractivity contribution in [3.8, 4) is 0 Å². The number of amides is 1. The van der Waals surface area contributed by atoms with E-state index in [-0.39, 0.29) is 5.91 Å². The van der Waals surface area contributed by atoms with E-state index < -0.39 is 0 Å². The number of carbonyl (C=O) groups is 1. The first kappa shape index (κ1) is 12.6. The number of aromatic nitrogens is 1. The summed E-state index contributed by atoms with van der Waals surface area (Å²) in [7, 11) is 0. The molecule has 2 aromatic rings. The van der Waals surface area contributed by atoms with Crippen molar-refractivity contribution < 1.29 is 4.79 Å². The summed E-state index contributed by atoms with van der Waals surface area (Å²) in [5.41, 5.74) is 0. The fraction of sp³-hybridized carbons (Fsp3) is 0.385. The molecule has 1 aliphatic heterocycles. The van der Waals surface area contributed by atoms with Crippen molar-refractivity contribution in [1.82, 2.24) is 9.88 Å². The molecule has 19 heavy (non-hydrogen) atoms. The van der Waals surface area contributed by atoms with Crippen LogP contribution >= 0.6 is 22.7 Å². The van der Waals surface area contributed by atoms with Crippen LogP contribution in [0.4, 0.5) is 5.13 Å². The molecular weight excluding hydrogens is 278 g/mol. The van der Waals surface area contributed by atoms with E-state index in [4.69, 9.17) is 0 Å².